The van der Waals surface area contributed by atoms with Gasteiger partial charge < -0.3 is 9.64 Å². The smallest absolute Gasteiger partial charge is 0.225 e. The Morgan fingerprint density at radius 3 is 2.57 bits per heavy atom. The molecule has 0 saturated carbocycles. The van der Waals surface area contributed by atoms with Gasteiger partial charge in [-0.15, -0.1) is 0 Å². The molecule has 3 nitrogen and oxygen atoms in total. The van der Waals surface area contributed by atoms with Gasteiger partial charge in [-0.05, 0) is 31.2 Å². The van der Waals surface area contributed by atoms with Crippen molar-refractivity contribution in [1.82, 2.24) is 4.90 Å². The lowest BCUT2D eigenvalue weighted by Crippen LogP contribution is -2.40. The van der Waals surface area contributed by atoms with E-state index in [2.05, 4.69) is 35.2 Å². The van der Waals surface area contributed by atoms with Gasteiger partial charge in [-0.2, -0.15) is 0 Å². The summed E-state index contributed by atoms with van der Waals surface area (Å²) in [7, 11) is 0. The van der Waals surface area contributed by atoms with Gasteiger partial charge in [-0.1, -0.05) is 36.8 Å². The molecule has 2 heterocycles. The van der Waals surface area contributed by atoms with Gasteiger partial charge in [0.05, 0.1) is 0 Å². The predicted molar refractivity (Wildman–Crippen MR) is 83.2 cm³/mol. The number of benzene rings is 1. The number of likely N-dealkylation sites (tertiary alicyclic amines) is 1. The minimum Gasteiger partial charge on any atom is -0.381 e. The average molecular weight is 287 g/mol. The standard InChI is InChI=1S/C18H25NO2/c20-18(16-9-12-21-13-10-16)19-11-5-4-8-17(14-19)15-6-2-1-3-7-15/h1-3,6-7,16-17H,4-5,8-14H2. The Morgan fingerprint density at radius 1 is 1.05 bits per heavy atom. The lowest BCUT2D eigenvalue weighted by Gasteiger charge is -2.30. The normalized spacial score (nSPS) is 24.6. The summed E-state index contributed by atoms with van der Waals surface area (Å²) >= 11 is 0. The van der Waals surface area contributed by atoms with Crippen molar-refractivity contribution in [3.05, 3.63) is 35.9 Å². The van der Waals surface area contributed by atoms with Crippen LogP contribution in [0.5, 0.6) is 0 Å². The summed E-state index contributed by atoms with van der Waals surface area (Å²) in [4.78, 5) is 14.9. The Morgan fingerprint density at radius 2 is 1.81 bits per heavy atom. The van der Waals surface area contributed by atoms with Crippen molar-refractivity contribution >= 4 is 5.91 Å². The monoisotopic (exact) mass is 287 g/mol. The van der Waals surface area contributed by atoms with E-state index in [1.807, 2.05) is 0 Å². The number of hydrogen-bond donors (Lipinski definition) is 0. The van der Waals surface area contributed by atoms with E-state index in [0.717, 1.165) is 45.6 Å². The van der Waals surface area contributed by atoms with Crippen molar-refractivity contribution in [3.63, 3.8) is 0 Å². The van der Waals surface area contributed by atoms with Gasteiger partial charge in [0.25, 0.3) is 0 Å². The summed E-state index contributed by atoms with van der Waals surface area (Å²) in [6.07, 6.45) is 5.34. The Balaban J connectivity index is 1.68. The molecule has 1 atom stereocenters. The van der Waals surface area contributed by atoms with Gasteiger partial charge in [0.2, 0.25) is 5.91 Å². The van der Waals surface area contributed by atoms with Crippen molar-refractivity contribution in [2.75, 3.05) is 26.3 Å². The molecule has 0 bridgehead atoms. The molecule has 3 heteroatoms. The van der Waals surface area contributed by atoms with Crippen LogP contribution in [0.3, 0.4) is 0 Å². The maximum absolute atomic E-state index is 12.8. The third-order valence-corrected chi connectivity index (χ3v) is 4.82. The molecule has 1 aromatic rings. The molecular formula is C18H25NO2. The number of carbonyl (C=O) groups excluding carboxylic acids is 1. The number of hydrogen-bond acceptors (Lipinski definition) is 2. The van der Waals surface area contributed by atoms with Crippen LogP contribution in [-0.4, -0.2) is 37.1 Å². The molecule has 0 radical (unpaired) electrons. The van der Waals surface area contributed by atoms with Crippen LogP contribution >= 0.6 is 0 Å². The zero-order chi connectivity index (χ0) is 14.5. The molecule has 0 aliphatic carbocycles. The quantitative estimate of drug-likeness (QED) is 0.836. The summed E-state index contributed by atoms with van der Waals surface area (Å²) in [5.74, 6) is 1.05. The van der Waals surface area contributed by atoms with E-state index in [9.17, 15) is 4.79 Å². The van der Waals surface area contributed by atoms with Crippen molar-refractivity contribution in [3.8, 4) is 0 Å². The first-order valence-electron chi connectivity index (χ1n) is 8.26. The highest BCUT2D eigenvalue weighted by atomic mass is 16.5. The molecule has 2 aliphatic rings. The Kier molecular flexibility index (Phi) is 4.91. The van der Waals surface area contributed by atoms with E-state index in [4.69, 9.17) is 4.74 Å². The van der Waals surface area contributed by atoms with E-state index >= 15 is 0 Å². The van der Waals surface area contributed by atoms with E-state index in [-0.39, 0.29) is 5.92 Å². The zero-order valence-electron chi connectivity index (χ0n) is 12.7. The predicted octanol–water partition coefficient (Wildman–Crippen LogP) is 3.21. The van der Waals surface area contributed by atoms with Crippen LogP contribution in [0.15, 0.2) is 30.3 Å². The van der Waals surface area contributed by atoms with Crippen molar-refractivity contribution in [2.24, 2.45) is 5.92 Å². The van der Waals surface area contributed by atoms with Crippen molar-refractivity contribution in [1.29, 1.82) is 0 Å². The minimum atomic E-state index is 0.188. The van der Waals surface area contributed by atoms with E-state index < -0.39 is 0 Å². The lowest BCUT2D eigenvalue weighted by atomic mass is 9.93. The summed E-state index contributed by atoms with van der Waals surface area (Å²) < 4.78 is 5.38. The second-order valence-electron chi connectivity index (χ2n) is 6.27. The molecule has 0 N–H and O–H groups in total. The van der Waals surface area contributed by atoms with Gasteiger partial charge in [0.15, 0.2) is 0 Å². The number of nitrogens with zero attached hydrogens (tertiary/aromatic N) is 1. The average Bonchev–Trinajstić information content (AvgIpc) is 2.82. The summed E-state index contributed by atoms with van der Waals surface area (Å²) in [6, 6.07) is 10.7. The molecular weight excluding hydrogens is 262 g/mol. The van der Waals surface area contributed by atoms with Gasteiger partial charge in [0.1, 0.15) is 0 Å². The molecule has 0 spiro atoms. The molecule has 1 unspecified atom stereocenters. The van der Waals surface area contributed by atoms with Gasteiger partial charge in [-0.25, -0.2) is 0 Å². The third-order valence-electron chi connectivity index (χ3n) is 4.82. The second-order valence-corrected chi connectivity index (χ2v) is 6.27. The number of carbonyl (C=O) groups is 1. The molecule has 3 rings (SSSR count). The van der Waals surface area contributed by atoms with Crippen LogP contribution in [0.25, 0.3) is 0 Å². The SMILES string of the molecule is O=C(C1CCOCC1)N1CCCCC(c2ccccc2)C1. The highest BCUT2D eigenvalue weighted by molar-refractivity contribution is 5.79. The van der Waals surface area contributed by atoms with Gasteiger partial charge in [0, 0.05) is 38.1 Å². The fraction of sp³-hybridized carbons (Fsp3) is 0.611. The fourth-order valence-corrected chi connectivity index (χ4v) is 3.54. The first kappa shape index (κ1) is 14.6. The van der Waals surface area contributed by atoms with Crippen LogP contribution in [-0.2, 0) is 9.53 Å². The second kappa shape index (κ2) is 7.08. The van der Waals surface area contributed by atoms with Crippen molar-refractivity contribution in [2.45, 2.75) is 38.0 Å². The Labute approximate surface area is 127 Å². The zero-order valence-corrected chi connectivity index (χ0v) is 12.7. The Hall–Kier alpha value is -1.35. The van der Waals surface area contributed by atoms with E-state index in [0.29, 0.717) is 11.8 Å². The third kappa shape index (κ3) is 3.65. The first-order chi connectivity index (χ1) is 10.3. The van der Waals surface area contributed by atoms with Crippen LogP contribution in [0.2, 0.25) is 0 Å². The van der Waals surface area contributed by atoms with Gasteiger partial charge in [-0.3, -0.25) is 4.79 Å². The van der Waals surface area contributed by atoms with E-state index in [1.54, 1.807) is 0 Å². The maximum Gasteiger partial charge on any atom is 0.225 e. The molecule has 1 aromatic carbocycles. The highest BCUT2D eigenvalue weighted by Crippen LogP contribution is 2.28. The number of amides is 1. The van der Waals surface area contributed by atoms with Crippen LogP contribution < -0.4 is 0 Å². The van der Waals surface area contributed by atoms with Crippen LogP contribution in [0, 0.1) is 5.92 Å². The van der Waals surface area contributed by atoms with Gasteiger partial charge >= 0.3 is 0 Å². The summed E-state index contributed by atoms with van der Waals surface area (Å²) in [6.45, 7) is 3.30. The topological polar surface area (TPSA) is 29.5 Å². The Bertz CT molecular complexity index is 454. The highest BCUT2D eigenvalue weighted by Gasteiger charge is 2.29. The summed E-state index contributed by atoms with van der Waals surface area (Å²) in [5, 5.41) is 0. The fourth-order valence-electron chi connectivity index (χ4n) is 3.54. The van der Waals surface area contributed by atoms with Crippen LogP contribution in [0.4, 0.5) is 0 Å². The lowest BCUT2D eigenvalue weighted by molar-refractivity contribution is -0.138. The molecule has 2 saturated heterocycles. The first-order valence-corrected chi connectivity index (χ1v) is 8.26. The molecule has 2 aliphatic heterocycles. The maximum atomic E-state index is 12.8. The molecule has 2 fully saturated rings. The van der Waals surface area contributed by atoms with Crippen LogP contribution in [0.1, 0.15) is 43.6 Å². The number of ether oxygens (including phenoxy) is 1. The van der Waals surface area contributed by atoms with E-state index in [1.165, 1.54) is 18.4 Å². The number of rotatable bonds is 2. The summed E-state index contributed by atoms with van der Waals surface area (Å²) in [5.41, 5.74) is 1.38. The largest absolute Gasteiger partial charge is 0.381 e. The molecule has 1 amide bonds. The minimum absolute atomic E-state index is 0.188. The molecule has 0 aromatic heterocycles. The molecule has 21 heavy (non-hydrogen) atoms. The van der Waals surface area contributed by atoms with Crippen molar-refractivity contribution < 1.29 is 9.53 Å². The molecule has 114 valence electrons.